The minimum Gasteiger partial charge on any atom is -0.493 e. The molecule has 0 atom stereocenters. The van der Waals surface area contributed by atoms with Gasteiger partial charge in [0.15, 0.2) is 0 Å². The highest BCUT2D eigenvalue weighted by Gasteiger charge is 2.23. The highest BCUT2D eigenvalue weighted by Crippen LogP contribution is 2.25. The maximum absolute atomic E-state index is 12.9. The van der Waals surface area contributed by atoms with Gasteiger partial charge in [0, 0.05) is 38.2 Å². The second-order valence-corrected chi connectivity index (χ2v) is 11.5. The third-order valence-corrected chi connectivity index (χ3v) is 8.52. The summed E-state index contributed by atoms with van der Waals surface area (Å²) in [6.07, 6.45) is 6.75. The van der Waals surface area contributed by atoms with Crippen molar-refractivity contribution in [1.29, 1.82) is 0 Å². The van der Waals surface area contributed by atoms with Crippen molar-refractivity contribution in [2.45, 2.75) is 51.5 Å². The number of piperidine rings is 1. The molecule has 4 rings (SSSR count). The van der Waals surface area contributed by atoms with Gasteiger partial charge in [0.05, 0.1) is 12.4 Å². The standard InChI is InChI=1S/C27H37N3O4S/c31-27(29-13-17-35(32,33)30-14-4-2-5-15-30)24-10-11-26-25(20-24)19-22-8-7-9-23(18-22)21-28-12-3-1-6-16-34-26/h7-11,18,20,28H,1-6,12-17,19,21H2,(H,29,31). The number of amides is 1. The van der Waals surface area contributed by atoms with Crippen LogP contribution in [-0.2, 0) is 23.0 Å². The van der Waals surface area contributed by atoms with Gasteiger partial charge in [-0.3, -0.25) is 4.79 Å². The minimum absolute atomic E-state index is 0.0758. The first kappa shape index (κ1) is 25.7. The lowest BCUT2D eigenvalue weighted by molar-refractivity contribution is 0.0956. The van der Waals surface area contributed by atoms with Crippen molar-refractivity contribution >= 4 is 15.9 Å². The minimum atomic E-state index is -3.34. The average molecular weight is 500 g/mol. The molecule has 2 aliphatic heterocycles. The second-order valence-electron chi connectivity index (χ2n) is 9.44. The average Bonchev–Trinajstić information content (AvgIpc) is 2.86. The van der Waals surface area contributed by atoms with Crippen LogP contribution in [0.4, 0.5) is 0 Å². The van der Waals surface area contributed by atoms with E-state index in [1.807, 2.05) is 12.1 Å². The van der Waals surface area contributed by atoms with Gasteiger partial charge in [-0.05, 0) is 73.5 Å². The molecule has 0 aliphatic carbocycles. The Morgan fingerprint density at radius 3 is 2.63 bits per heavy atom. The van der Waals surface area contributed by atoms with Gasteiger partial charge in [-0.25, -0.2) is 12.7 Å². The number of hydrogen-bond donors (Lipinski definition) is 2. The number of carbonyl (C=O) groups excluding carboxylic acids is 1. The molecule has 2 aromatic rings. The van der Waals surface area contributed by atoms with E-state index in [9.17, 15) is 13.2 Å². The number of rotatable bonds is 5. The van der Waals surface area contributed by atoms with Gasteiger partial charge >= 0.3 is 0 Å². The monoisotopic (exact) mass is 499 g/mol. The molecule has 2 aromatic carbocycles. The van der Waals surface area contributed by atoms with Crippen LogP contribution in [0.15, 0.2) is 42.5 Å². The van der Waals surface area contributed by atoms with Gasteiger partial charge in [0.1, 0.15) is 5.75 Å². The Morgan fingerprint density at radius 1 is 0.971 bits per heavy atom. The van der Waals surface area contributed by atoms with Crippen LogP contribution in [0.25, 0.3) is 0 Å². The molecule has 0 radical (unpaired) electrons. The highest BCUT2D eigenvalue weighted by molar-refractivity contribution is 7.89. The molecule has 1 amide bonds. The summed E-state index contributed by atoms with van der Waals surface area (Å²) in [5.74, 6) is 0.460. The van der Waals surface area contributed by atoms with Gasteiger partial charge in [-0.2, -0.15) is 0 Å². The van der Waals surface area contributed by atoms with Crippen molar-refractivity contribution in [3.8, 4) is 5.75 Å². The third-order valence-electron chi connectivity index (χ3n) is 6.65. The predicted octanol–water partition coefficient (Wildman–Crippen LogP) is 3.48. The van der Waals surface area contributed by atoms with Gasteiger partial charge in [0.25, 0.3) is 5.91 Å². The van der Waals surface area contributed by atoms with E-state index >= 15 is 0 Å². The smallest absolute Gasteiger partial charge is 0.251 e. The van der Waals surface area contributed by atoms with Crippen LogP contribution in [0.5, 0.6) is 5.75 Å². The molecule has 2 aliphatic rings. The van der Waals surface area contributed by atoms with E-state index in [0.717, 1.165) is 68.5 Å². The van der Waals surface area contributed by atoms with Gasteiger partial charge in [-0.15, -0.1) is 0 Å². The zero-order valence-corrected chi connectivity index (χ0v) is 21.2. The number of sulfonamides is 1. The Labute approximate surface area is 209 Å². The largest absolute Gasteiger partial charge is 0.493 e. The zero-order valence-electron chi connectivity index (χ0n) is 20.4. The summed E-state index contributed by atoms with van der Waals surface area (Å²) >= 11 is 0. The number of fused-ring (bicyclic) bond motifs is 3. The van der Waals surface area contributed by atoms with Crippen LogP contribution < -0.4 is 15.4 Å². The molecule has 0 spiro atoms. The van der Waals surface area contributed by atoms with Crippen LogP contribution in [0.3, 0.4) is 0 Å². The lowest BCUT2D eigenvalue weighted by Gasteiger charge is -2.25. The Bertz CT molecular complexity index is 1100. The molecule has 0 unspecified atom stereocenters. The van der Waals surface area contributed by atoms with Crippen molar-refractivity contribution in [3.05, 3.63) is 64.7 Å². The zero-order chi connectivity index (χ0) is 24.5. The molecule has 2 N–H and O–H groups in total. The van der Waals surface area contributed by atoms with Crippen LogP contribution in [-0.4, -0.2) is 57.2 Å². The number of benzene rings is 2. The van der Waals surface area contributed by atoms with Crippen LogP contribution >= 0.6 is 0 Å². The Kier molecular flexibility index (Phi) is 9.18. The highest BCUT2D eigenvalue weighted by atomic mass is 32.2. The lowest BCUT2D eigenvalue weighted by Crippen LogP contribution is -2.40. The molecule has 8 heteroatoms. The molecular formula is C27H37N3O4S. The van der Waals surface area contributed by atoms with E-state index in [1.165, 1.54) is 5.56 Å². The molecule has 35 heavy (non-hydrogen) atoms. The number of hydrogen-bond acceptors (Lipinski definition) is 5. The van der Waals surface area contributed by atoms with Gasteiger partial charge < -0.3 is 15.4 Å². The van der Waals surface area contributed by atoms with Gasteiger partial charge in [0.2, 0.25) is 10.0 Å². The molecule has 1 fully saturated rings. The topological polar surface area (TPSA) is 87.7 Å². The Morgan fingerprint density at radius 2 is 1.77 bits per heavy atom. The van der Waals surface area contributed by atoms with E-state index in [4.69, 9.17) is 4.74 Å². The van der Waals surface area contributed by atoms with Crippen LogP contribution in [0.2, 0.25) is 0 Å². The second kappa shape index (κ2) is 12.5. The molecule has 0 saturated carbocycles. The molecule has 2 bridgehead atoms. The van der Waals surface area contributed by atoms with E-state index in [-0.39, 0.29) is 18.2 Å². The number of ether oxygens (including phenoxy) is 1. The fourth-order valence-electron chi connectivity index (χ4n) is 4.68. The normalized spacial score (nSPS) is 18.1. The van der Waals surface area contributed by atoms with Gasteiger partial charge in [-0.1, -0.05) is 30.7 Å². The summed E-state index contributed by atoms with van der Waals surface area (Å²) in [4.78, 5) is 12.9. The number of nitrogens with one attached hydrogen (secondary N) is 2. The fraction of sp³-hybridized carbons (Fsp3) is 0.519. The Balaban J connectivity index is 1.44. The SMILES string of the molecule is O=C(NCCS(=O)(=O)N1CCCCC1)c1ccc2c(c1)Cc1cccc(c1)CNCCCCCO2. The number of nitrogens with zero attached hydrogens (tertiary/aromatic N) is 1. The van der Waals surface area contributed by atoms with Crippen LogP contribution in [0.1, 0.15) is 65.6 Å². The number of carbonyl (C=O) groups is 1. The van der Waals surface area contributed by atoms with Crippen molar-refractivity contribution in [2.75, 3.05) is 38.5 Å². The molecule has 0 aromatic heterocycles. The molecular weight excluding hydrogens is 462 g/mol. The summed E-state index contributed by atoms with van der Waals surface area (Å²) in [6, 6.07) is 14.0. The van der Waals surface area contributed by atoms with Crippen molar-refractivity contribution in [3.63, 3.8) is 0 Å². The molecule has 7 nitrogen and oxygen atoms in total. The van der Waals surface area contributed by atoms with Crippen molar-refractivity contribution in [1.82, 2.24) is 14.9 Å². The molecule has 190 valence electrons. The van der Waals surface area contributed by atoms with E-state index < -0.39 is 10.0 Å². The van der Waals surface area contributed by atoms with E-state index in [1.54, 1.807) is 10.4 Å². The fourth-order valence-corrected chi connectivity index (χ4v) is 6.11. The summed E-state index contributed by atoms with van der Waals surface area (Å²) in [5.41, 5.74) is 3.88. The van der Waals surface area contributed by atoms with Crippen LogP contribution in [0, 0.1) is 0 Å². The maximum atomic E-state index is 12.9. The first-order valence-electron chi connectivity index (χ1n) is 12.8. The molecule has 1 saturated heterocycles. The maximum Gasteiger partial charge on any atom is 0.251 e. The lowest BCUT2D eigenvalue weighted by atomic mass is 9.99. The predicted molar refractivity (Wildman–Crippen MR) is 138 cm³/mol. The van der Waals surface area contributed by atoms with Crippen molar-refractivity contribution in [2.24, 2.45) is 0 Å². The quantitative estimate of drug-likeness (QED) is 0.658. The third kappa shape index (κ3) is 7.53. The molecule has 2 heterocycles. The summed E-state index contributed by atoms with van der Waals surface area (Å²) in [5, 5.41) is 6.30. The first-order chi connectivity index (χ1) is 17.0. The Hall–Kier alpha value is -2.42. The summed E-state index contributed by atoms with van der Waals surface area (Å²) in [7, 11) is -3.34. The summed E-state index contributed by atoms with van der Waals surface area (Å²) in [6.45, 7) is 3.75. The first-order valence-corrected chi connectivity index (χ1v) is 14.4. The van der Waals surface area contributed by atoms with E-state index in [0.29, 0.717) is 31.7 Å². The van der Waals surface area contributed by atoms with Crippen molar-refractivity contribution < 1.29 is 17.9 Å². The summed E-state index contributed by atoms with van der Waals surface area (Å²) < 4.78 is 32.8. The van der Waals surface area contributed by atoms with E-state index in [2.05, 4.69) is 34.9 Å².